The van der Waals surface area contributed by atoms with Gasteiger partial charge in [0.1, 0.15) is 5.01 Å². The van der Waals surface area contributed by atoms with Crippen molar-refractivity contribution >= 4 is 16.5 Å². The molecule has 0 atom stereocenters. The van der Waals surface area contributed by atoms with Gasteiger partial charge < -0.3 is 5.32 Å². The molecule has 0 saturated heterocycles. The van der Waals surface area contributed by atoms with E-state index in [1.54, 1.807) is 6.92 Å². The number of aromatic nitrogens is 2. The number of nitrogens with one attached hydrogen (secondary N) is 1. The molecule has 1 N–H and O–H groups in total. The molecule has 0 spiro atoms. The molecule has 0 fully saturated rings. The van der Waals surface area contributed by atoms with E-state index >= 15 is 0 Å². The van der Waals surface area contributed by atoms with E-state index in [4.69, 9.17) is 0 Å². The van der Waals surface area contributed by atoms with E-state index in [2.05, 4.69) is 15.5 Å². The lowest BCUT2D eigenvalue weighted by Crippen LogP contribution is -2.09. The molecule has 0 unspecified atom stereocenters. The Hall–Kier alpha value is -0.780. The number of hydrogen-bond donors (Lipinski definition) is 1. The lowest BCUT2D eigenvalue weighted by atomic mass is 10.7. The zero-order chi connectivity index (χ0) is 8.27. The van der Waals surface area contributed by atoms with Crippen molar-refractivity contribution in [1.29, 1.82) is 0 Å². The fourth-order valence-corrected chi connectivity index (χ4v) is 1.13. The minimum Gasteiger partial charge on any atom is -0.354 e. The number of rotatable bonds is 3. The summed E-state index contributed by atoms with van der Waals surface area (Å²) >= 11 is 1.26. The summed E-state index contributed by atoms with van der Waals surface area (Å²) in [5.41, 5.74) is 0. The maximum absolute atomic E-state index is 11.6. The summed E-state index contributed by atoms with van der Waals surface area (Å²) in [6.07, 6.45) is -2.35. The monoisotopic (exact) mass is 179 g/mol. The van der Waals surface area contributed by atoms with Crippen LogP contribution in [0.3, 0.4) is 0 Å². The Morgan fingerprint density at radius 3 is 2.73 bits per heavy atom. The van der Waals surface area contributed by atoms with Gasteiger partial charge in [0.2, 0.25) is 5.13 Å². The Balaban J connectivity index is 2.39. The summed E-state index contributed by atoms with van der Waals surface area (Å²) in [5, 5.41) is 10.9. The largest absolute Gasteiger partial charge is 0.354 e. The topological polar surface area (TPSA) is 37.8 Å². The molecule has 62 valence electrons. The van der Waals surface area contributed by atoms with E-state index in [1.807, 2.05) is 0 Å². The van der Waals surface area contributed by atoms with Gasteiger partial charge >= 0.3 is 0 Å². The SMILES string of the molecule is Cc1nnc(NCC(F)F)s1. The van der Waals surface area contributed by atoms with Gasteiger partial charge in [0, 0.05) is 0 Å². The van der Waals surface area contributed by atoms with Crippen molar-refractivity contribution in [3.05, 3.63) is 5.01 Å². The zero-order valence-electron chi connectivity index (χ0n) is 5.84. The summed E-state index contributed by atoms with van der Waals surface area (Å²) in [5.74, 6) is 0. The highest BCUT2D eigenvalue weighted by Crippen LogP contribution is 2.13. The lowest BCUT2D eigenvalue weighted by Gasteiger charge is -1.97. The van der Waals surface area contributed by atoms with Crippen molar-refractivity contribution in [1.82, 2.24) is 10.2 Å². The van der Waals surface area contributed by atoms with Crippen LogP contribution in [-0.4, -0.2) is 23.2 Å². The van der Waals surface area contributed by atoms with E-state index < -0.39 is 6.43 Å². The second-order valence-electron chi connectivity index (χ2n) is 1.90. The summed E-state index contributed by atoms with van der Waals surface area (Å²) < 4.78 is 23.2. The van der Waals surface area contributed by atoms with Gasteiger partial charge in [-0.2, -0.15) is 0 Å². The van der Waals surface area contributed by atoms with Gasteiger partial charge in [0.25, 0.3) is 6.43 Å². The molecule has 11 heavy (non-hydrogen) atoms. The zero-order valence-corrected chi connectivity index (χ0v) is 6.66. The normalized spacial score (nSPS) is 10.5. The predicted octanol–water partition coefficient (Wildman–Crippen LogP) is 1.52. The first-order valence-electron chi connectivity index (χ1n) is 3.00. The molecule has 0 radical (unpaired) electrons. The first-order chi connectivity index (χ1) is 5.18. The van der Waals surface area contributed by atoms with Crippen molar-refractivity contribution in [3.8, 4) is 0 Å². The van der Waals surface area contributed by atoms with Crippen LogP contribution in [0.25, 0.3) is 0 Å². The van der Waals surface area contributed by atoms with Gasteiger partial charge in [-0.05, 0) is 6.92 Å². The molecule has 6 heteroatoms. The van der Waals surface area contributed by atoms with E-state index in [0.29, 0.717) is 5.13 Å². The van der Waals surface area contributed by atoms with Crippen molar-refractivity contribution in [3.63, 3.8) is 0 Å². The Morgan fingerprint density at radius 2 is 2.27 bits per heavy atom. The quantitative estimate of drug-likeness (QED) is 0.764. The smallest absolute Gasteiger partial charge is 0.255 e. The highest BCUT2D eigenvalue weighted by molar-refractivity contribution is 7.15. The molecule has 1 aromatic heterocycles. The second kappa shape index (κ2) is 3.56. The molecule has 0 amide bonds. The number of halogens is 2. The standard InChI is InChI=1S/C5H7F2N3S/c1-3-9-10-5(11-3)8-2-4(6)7/h4H,2H2,1H3,(H,8,10). The Labute approximate surface area is 66.5 Å². The van der Waals surface area contributed by atoms with Crippen LogP contribution in [-0.2, 0) is 0 Å². The van der Waals surface area contributed by atoms with E-state index in [9.17, 15) is 8.78 Å². The van der Waals surface area contributed by atoms with Crippen LogP contribution in [0.5, 0.6) is 0 Å². The Kier molecular flexibility index (Phi) is 2.70. The number of aryl methyl sites for hydroxylation is 1. The van der Waals surface area contributed by atoms with Gasteiger partial charge in [-0.25, -0.2) is 8.78 Å². The van der Waals surface area contributed by atoms with Crippen LogP contribution in [0.15, 0.2) is 0 Å². The number of anilines is 1. The van der Waals surface area contributed by atoms with Crippen LogP contribution in [0, 0.1) is 6.92 Å². The molecule has 0 saturated carbocycles. The van der Waals surface area contributed by atoms with Crippen molar-refractivity contribution < 1.29 is 8.78 Å². The first kappa shape index (κ1) is 8.32. The Morgan fingerprint density at radius 1 is 1.55 bits per heavy atom. The minimum absolute atomic E-state index is 0.366. The average molecular weight is 179 g/mol. The van der Waals surface area contributed by atoms with E-state index in [-0.39, 0.29) is 6.54 Å². The minimum atomic E-state index is -2.35. The van der Waals surface area contributed by atoms with Crippen LogP contribution >= 0.6 is 11.3 Å². The third-order valence-electron chi connectivity index (χ3n) is 0.934. The van der Waals surface area contributed by atoms with Crippen molar-refractivity contribution in [2.75, 3.05) is 11.9 Å². The van der Waals surface area contributed by atoms with Crippen molar-refractivity contribution in [2.45, 2.75) is 13.3 Å². The number of alkyl halides is 2. The van der Waals surface area contributed by atoms with Crippen LogP contribution in [0.1, 0.15) is 5.01 Å². The summed E-state index contributed by atoms with van der Waals surface area (Å²) in [6, 6.07) is 0. The van der Waals surface area contributed by atoms with Crippen LogP contribution in [0.2, 0.25) is 0 Å². The molecule has 1 aromatic rings. The summed E-state index contributed by atoms with van der Waals surface area (Å²) in [6.45, 7) is 1.40. The van der Waals surface area contributed by atoms with Crippen LogP contribution < -0.4 is 5.32 Å². The molecule has 1 heterocycles. The third kappa shape index (κ3) is 2.75. The average Bonchev–Trinajstić information content (AvgIpc) is 2.31. The molecule has 0 aliphatic carbocycles. The summed E-state index contributed by atoms with van der Waals surface area (Å²) in [7, 11) is 0. The van der Waals surface area contributed by atoms with Crippen LogP contribution in [0.4, 0.5) is 13.9 Å². The molecule has 1 rings (SSSR count). The van der Waals surface area contributed by atoms with Gasteiger partial charge in [-0.1, -0.05) is 11.3 Å². The fraction of sp³-hybridized carbons (Fsp3) is 0.600. The van der Waals surface area contributed by atoms with Gasteiger partial charge in [0.05, 0.1) is 6.54 Å². The maximum Gasteiger partial charge on any atom is 0.255 e. The predicted molar refractivity (Wildman–Crippen MR) is 39.1 cm³/mol. The van der Waals surface area contributed by atoms with Gasteiger partial charge in [-0.15, -0.1) is 10.2 Å². The first-order valence-corrected chi connectivity index (χ1v) is 3.82. The van der Waals surface area contributed by atoms with Crippen molar-refractivity contribution in [2.24, 2.45) is 0 Å². The molecule has 0 aromatic carbocycles. The molecular weight excluding hydrogens is 172 g/mol. The fourth-order valence-electron chi connectivity index (χ4n) is 0.532. The highest BCUT2D eigenvalue weighted by atomic mass is 32.1. The highest BCUT2D eigenvalue weighted by Gasteiger charge is 2.03. The molecule has 0 aliphatic heterocycles. The molecular formula is C5H7F2N3S. The second-order valence-corrected chi connectivity index (χ2v) is 3.08. The maximum atomic E-state index is 11.6. The van der Waals surface area contributed by atoms with E-state index in [1.165, 1.54) is 11.3 Å². The number of nitrogens with zero attached hydrogens (tertiary/aromatic N) is 2. The van der Waals surface area contributed by atoms with Gasteiger partial charge in [0.15, 0.2) is 0 Å². The molecule has 0 aliphatic rings. The van der Waals surface area contributed by atoms with E-state index in [0.717, 1.165) is 5.01 Å². The third-order valence-corrected chi connectivity index (χ3v) is 1.73. The van der Waals surface area contributed by atoms with Gasteiger partial charge in [-0.3, -0.25) is 0 Å². The lowest BCUT2D eigenvalue weighted by molar-refractivity contribution is 0.163. The summed E-state index contributed by atoms with van der Waals surface area (Å²) in [4.78, 5) is 0. The number of hydrogen-bond acceptors (Lipinski definition) is 4. The Bertz CT molecular complexity index is 225. The molecule has 0 bridgehead atoms. The molecule has 3 nitrogen and oxygen atoms in total.